The van der Waals surface area contributed by atoms with Gasteiger partial charge in [0.25, 0.3) is 0 Å². The van der Waals surface area contributed by atoms with Crippen LogP contribution in [0.15, 0.2) is 12.1 Å². The van der Waals surface area contributed by atoms with Crippen LogP contribution in [0.25, 0.3) is 0 Å². The fourth-order valence-corrected chi connectivity index (χ4v) is 3.95. The topological polar surface area (TPSA) is 35.5 Å². The summed E-state index contributed by atoms with van der Waals surface area (Å²) < 4.78 is 0. The third-order valence-electron chi connectivity index (χ3n) is 4.95. The summed E-state index contributed by atoms with van der Waals surface area (Å²) in [5.74, 6) is 1.04. The number of phenols is 1. The quantitative estimate of drug-likeness (QED) is 0.858. The van der Waals surface area contributed by atoms with E-state index in [4.69, 9.17) is 0 Å². The van der Waals surface area contributed by atoms with E-state index in [1.165, 1.54) is 23.1 Å². The molecule has 104 valence electrons. The minimum Gasteiger partial charge on any atom is -0.508 e. The van der Waals surface area contributed by atoms with E-state index >= 15 is 0 Å². The highest BCUT2D eigenvalue weighted by molar-refractivity contribution is 5.51. The first kappa shape index (κ1) is 12.9. The van der Waals surface area contributed by atoms with Crippen molar-refractivity contribution in [2.75, 3.05) is 20.1 Å². The van der Waals surface area contributed by atoms with Gasteiger partial charge in [0.15, 0.2) is 0 Å². The molecule has 0 radical (unpaired) electrons. The number of likely N-dealkylation sites (tertiary alicyclic amines) is 1. The lowest BCUT2D eigenvalue weighted by molar-refractivity contribution is 0.230. The SMILES string of the molecule is CNC1CCN(C2CC(C)c3c(C)ccc(O)c32)C1. The summed E-state index contributed by atoms with van der Waals surface area (Å²) in [7, 11) is 2.04. The van der Waals surface area contributed by atoms with Crippen molar-refractivity contribution in [1.82, 2.24) is 10.2 Å². The largest absolute Gasteiger partial charge is 0.508 e. The second-order valence-electron chi connectivity index (χ2n) is 6.15. The second-order valence-corrected chi connectivity index (χ2v) is 6.15. The van der Waals surface area contributed by atoms with Gasteiger partial charge < -0.3 is 10.4 Å². The van der Waals surface area contributed by atoms with Crippen molar-refractivity contribution < 1.29 is 5.11 Å². The Morgan fingerprint density at radius 1 is 1.32 bits per heavy atom. The minimum atomic E-state index is 0.406. The van der Waals surface area contributed by atoms with Gasteiger partial charge in [0.1, 0.15) is 5.75 Å². The summed E-state index contributed by atoms with van der Waals surface area (Å²) in [5, 5.41) is 13.7. The molecule has 1 aromatic carbocycles. The van der Waals surface area contributed by atoms with Crippen LogP contribution in [0.5, 0.6) is 5.75 Å². The summed E-state index contributed by atoms with van der Waals surface area (Å²) >= 11 is 0. The molecule has 1 aliphatic carbocycles. The Morgan fingerprint density at radius 3 is 2.79 bits per heavy atom. The molecule has 3 unspecified atom stereocenters. The van der Waals surface area contributed by atoms with Crippen LogP contribution in [0, 0.1) is 6.92 Å². The Bertz CT molecular complexity index is 486. The zero-order valence-electron chi connectivity index (χ0n) is 12.1. The summed E-state index contributed by atoms with van der Waals surface area (Å²) in [6, 6.07) is 4.92. The van der Waals surface area contributed by atoms with Gasteiger partial charge in [-0.3, -0.25) is 4.90 Å². The van der Waals surface area contributed by atoms with Gasteiger partial charge in [-0.1, -0.05) is 13.0 Å². The molecule has 3 rings (SSSR count). The summed E-state index contributed by atoms with van der Waals surface area (Å²) in [5.41, 5.74) is 3.91. The van der Waals surface area contributed by atoms with Gasteiger partial charge in [0.05, 0.1) is 0 Å². The maximum absolute atomic E-state index is 10.3. The monoisotopic (exact) mass is 260 g/mol. The molecule has 0 amide bonds. The fourth-order valence-electron chi connectivity index (χ4n) is 3.95. The maximum Gasteiger partial charge on any atom is 0.120 e. The van der Waals surface area contributed by atoms with E-state index in [-0.39, 0.29) is 0 Å². The van der Waals surface area contributed by atoms with Crippen LogP contribution in [-0.2, 0) is 0 Å². The molecule has 3 atom stereocenters. The van der Waals surface area contributed by atoms with Gasteiger partial charge in [-0.05, 0) is 49.9 Å². The number of likely N-dealkylation sites (N-methyl/N-ethyl adjacent to an activating group) is 1. The smallest absolute Gasteiger partial charge is 0.120 e. The molecule has 0 saturated carbocycles. The minimum absolute atomic E-state index is 0.406. The standard InChI is InChI=1S/C16H24N2O/c1-10-4-5-14(19)16-13(8-11(2)15(10)16)18-7-6-12(9-18)17-3/h4-5,11-13,17,19H,6-9H2,1-3H3. The van der Waals surface area contributed by atoms with Gasteiger partial charge >= 0.3 is 0 Å². The van der Waals surface area contributed by atoms with Crippen LogP contribution in [0.4, 0.5) is 0 Å². The average Bonchev–Trinajstić information content (AvgIpc) is 2.98. The molecule has 1 saturated heterocycles. The zero-order chi connectivity index (χ0) is 13.6. The number of rotatable bonds is 2. The third kappa shape index (κ3) is 2.05. The third-order valence-corrected chi connectivity index (χ3v) is 4.95. The highest BCUT2D eigenvalue weighted by Crippen LogP contribution is 2.49. The van der Waals surface area contributed by atoms with Crippen molar-refractivity contribution in [1.29, 1.82) is 0 Å². The van der Waals surface area contributed by atoms with E-state index in [1.807, 2.05) is 19.2 Å². The zero-order valence-corrected chi connectivity index (χ0v) is 12.1. The molecule has 0 spiro atoms. The van der Waals surface area contributed by atoms with Crippen molar-refractivity contribution in [3.8, 4) is 5.75 Å². The normalized spacial score (nSPS) is 30.8. The van der Waals surface area contributed by atoms with E-state index in [9.17, 15) is 5.11 Å². The Balaban J connectivity index is 1.94. The number of nitrogens with one attached hydrogen (secondary N) is 1. The molecule has 1 heterocycles. The highest BCUT2D eigenvalue weighted by Gasteiger charge is 2.38. The van der Waals surface area contributed by atoms with E-state index in [0.717, 1.165) is 19.5 Å². The van der Waals surface area contributed by atoms with Crippen LogP contribution >= 0.6 is 0 Å². The van der Waals surface area contributed by atoms with E-state index in [0.29, 0.717) is 23.8 Å². The van der Waals surface area contributed by atoms with Gasteiger partial charge in [0.2, 0.25) is 0 Å². The molecular weight excluding hydrogens is 236 g/mol. The predicted molar refractivity (Wildman–Crippen MR) is 77.7 cm³/mol. The van der Waals surface area contributed by atoms with Gasteiger partial charge in [-0.25, -0.2) is 0 Å². The Labute approximate surface area is 115 Å². The van der Waals surface area contributed by atoms with Crippen LogP contribution in [0.1, 0.15) is 48.4 Å². The average molecular weight is 260 g/mol. The van der Waals surface area contributed by atoms with Crippen LogP contribution in [0.2, 0.25) is 0 Å². The van der Waals surface area contributed by atoms with Crippen LogP contribution < -0.4 is 5.32 Å². The van der Waals surface area contributed by atoms with Crippen molar-refractivity contribution >= 4 is 0 Å². The first-order valence-corrected chi connectivity index (χ1v) is 7.35. The first-order valence-electron chi connectivity index (χ1n) is 7.35. The molecule has 0 bridgehead atoms. The summed E-state index contributed by atoms with van der Waals surface area (Å²) in [6.07, 6.45) is 2.35. The molecule has 1 fully saturated rings. The number of fused-ring (bicyclic) bond motifs is 1. The lowest BCUT2D eigenvalue weighted by atomic mass is 9.97. The molecule has 1 aromatic rings. The number of phenolic OH excluding ortho intramolecular Hbond substituents is 1. The summed E-state index contributed by atoms with van der Waals surface area (Å²) in [6.45, 7) is 6.69. The molecule has 2 aliphatic rings. The molecule has 2 N–H and O–H groups in total. The van der Waals surface area contributed by atoms with E-state index in [2.05, 4.69) is 24.1 Å². The molecule has 1 aliphatic heterocycles. The highest BCUT2D eigenvalue weighted by atomic mass is 16.3. The predicted octanol–water partition coefficient (Wildman–Crippen LogP) is 2.54. The lowest BCUT2D eigenvalue weighted by Crippen LogP contribution is -2.31. The number of aryl methyl sites for hydroxylation is 1. The van der Waals surface area contributed by atoms with E-state index in [1.54, 1.807) is 0 Å². The Kier molecular flexibility index (Phi) is 3.27. The van der Waals surface area contributed by atoms with Crippen LogP contribution in [-0.4, -0.2) is 36.2 Å². The number of hydrogen-bond acceptors (Lipinski definition) is 3. The van der Waals surface area contributed by atoms with Gasteiger partial charge in [-0.2, -0.15) is 0 Å². The van der Waals surface area contributed by atoms with Crippen molar-refractivity contribution in [3.63, 3.8) is 0 Å². The molecule has 0 aromatic heterocycles. The Morgan fingerprint density at radius 2 is 2.11 bits per heavy atom. The molecule has 3 nitrogen and oxygen atoms in total. The first-order chi connectivity index (χ1) is 9.11. The number of nitrogens with zero attached hydrogens (tertiary/aromatic N) is 1. The number of benzene rings is 1. The second kappa shape index (κ2) is 4.80. The number of aromatic hydroxyl groups is 1. The van der Waals surface area contributed by atoms with Gasteiger partial charge in [-0.15, -0.1) is 0 Å². The molecular formula is C16H24N2O. The lowest BCUT2D eigenvalue weighted by Gasteiger charge is -2.25. The molecule has 19 heavy (non-hydrogen) atoms. The van der Waals surface area contributed by atoms with Crippen molar-refractivity contribution in [3.05, 3.63) is 28.8 Å². The van der Waals surface area contributed by atoms with Crippen LogP contribution in [0.3, 0.4) is 0 Å². The van der Waals surface area contributed by atoms with Crippen molar-refractivity contribution in [2.24, 2.45) is 0 Å². The van der Waals surface area contributed by atoms with Gasteiger partial charge in [0, 0.05) is 30.7 Å². The number of hydrogen-bond donors (Lipinski definition) is 2. The summed E-state index contributed by atoms with van der Waals surface area (Å²) in [4.78, 5) is 2.54. The maximum atomic E-state index is 10.3. The Hall–Kier alpha value is -1.06. The molecule has 3 heteroatoms. The van der Waals surface area contributed by atoms with E-state index < -0.39 is 0 Å². The fraction of sp³-hybridized carbons (Fsp3) is 0.625. The van der Waals surface area contributed by atoms with Crippen molar-refractivity contribution in [2.45, 2.75) is 44.7 Å².